The van der Waals surface area contributed by atoms with Crippen molar-refractivity contribution in [3.05, 3.63) is 28.8 Å². The highest BCUT2D eigenvalue weighted by Crippen LogP contribution is 2.28. The van der Waals surface area contributed by atoms with Gasteiger partial charge >= 0.3 is 5.97 Å². The van der Waals surface area contributed by atoms with Crippen LogP contribution in [0.3, 0.4) is 0 Å². The maximum absolute atomic E-state index is 12.9. The number of hydrogen-bond donors (Lipinski definition) is 1. The average Bonchev–Trinajstić information content (AvgIpc) is 3.11. The van der Waals surface area contributed by atoms with Gasteiger partial charge in [0.15, 0.2) is 10.9 Å². The van der Waals surface area contributed by atoms with E-state index in [0.717, 1.165) is 0 Å². The summed E-state index contributed by atoms with van der Waals surface area (Å²) in [4.78, 5) is 28.0. The van der Waals surface area contributed by atoms with Crippen LogP contribution >= 0.6 is 11.8 Å². The summed E-state index contributed by atoms with van der Waals surface area (Å²) in [5, 5.41) is 8.34. The molecule has 0 bridgehead atoms. The molecular formula is C17H24N4O3S. The van der Waals surface area contributed by atoms with Gasteiger partial charge in [0.1, 0.15) is 6.33 Å². The molecule has 2 aromatic heterocycles. The zero-order chi connectivity index (χ0) is 18.7. The maximum Gasteiger partial charge on any atom is 0.340 e. The van der Waals surface area contributed by atoms with Gasteiger partial charge < -0.3 is 14.3 Å². The molecule has 0 saturated heterocycles. The average molecular weight is 364 g/mol. The number of aromatic nitrogens is 4. The SMILES string of the molecule is CCOC(=O)c1c(C)[nH]c(C(=O)[C@@H](C)Sc2nncn2C(C)C)c1C. The Kier molecular flexibility index (Phi) is 6.05. The Morgan fingerprint density at radius 2 is 2.00 bits per heavy atom. The third-order valence-corrected chi connectivity index (χ3v) is 4.98. The number of H-pyrrole nitrogens is 1. The minimum atomic E-state index is -0.410. The number of aromatic amines is 1. The zero-order valence-corrected chi connectivity index (χ0v) is 16.2. The Hall–Kier alpha value is -2.09. The molecule has 0 fully saturated rings. The lowest BCUT2D eigenvalue weighted by molar-refractivity contribution is 0.0525. The molecule has 25 heavy (non-hydrogen) atoms. The summed E-state index contributed by atoms with van der Waals surface area (Å²) < 4.78 is 7.00. The molecule has 2 rings (SSSR count). The van der Waals surface area contributed by atoms with E-state index in [9.17, 15) is 9.59 Å². The van der Waals surface area contributed by atoms with Crippen LogP contribution < -0.4 is 0 Å². The van der Waals surface area contributed by atoms with Gasteiger partial charge in [0, 0.05) is 11.7 Å². The summed E-state index contributed by atoms with van der Waals surface area (Å²) in [7, 11) is 0. The van der Waals surface area contributed by atoms with Crippen LogP contribution in [0.15, 0.2) is 11.5 Å². The van der Waals surface area contributed by atoms with Crippen molar-refractivity contribution in [1.82, 2.24) is 19.7 Å². The Balaban J connectivity index is 2.24. The Morgan fingerprint density at radius 3 is 2.60 bits per heavy atom. The molecule has 2 aromatic rings. The lowest BCUT2D eigenvalue weighted by Crippen LogP contribution is -2.17. The number of ketones is 1. The van der Waals surface area contributed by atoms with Gasteiger partial charge in [-0.05, 0) is 47.1 Å². The van der Waals surface area contributed by atoms with Crippen LogP contribution in [0.5, 0.6) is 0 Å². The summed E-state index contributed by atoms with van der Waals surface area (Å²) in [5.74, 6) is -0.493. The first-order valence-corrected chi connectivity index (χ1v) is 9.12. The molecule has 0 spiro atoms. The number of ether oxygens (including phenoxy) is 1. The highest BCUT2D eigenvalue weighted by atomic mass is 32.2. The van der Waals surface area contributed by atoms with E-state index in [-0.39, 0.29) is 17.1 Å². The second-order valence-corrected chi connectivity index (χ2v) is 7.39. The third-order valence-electron chi connectivity index (χ3n) is 3.91. The maximum atomic E-state index is 12.9. The number of aryl methyl sites for hydroxylation is 1. The van der Waals surface area contributed by atoms with Crippen molar-refractivity contribution in [1.29, 1.82) is 0 Å². The molecule has 136 valence electrons. The number of thioether (sulfide) groups is 1. The molecule has 0 aliphatic carbocycles. The second kappa shape index (κ2) is 7.86. The van der Waals surface area contributed by atoms with Crippen molar-refractivity contribution in [2.45, 2.75) is 58.0 Å². The zero-order valence-electron chi connectivity index (χ0n) is 15.4. The fourth-order valence-corrected chi connectivity index (χ4v) is 3.61. The van der Waals surface area contributed by atoms with Gasteiger partial charge in [-0.1, -0.05) is 11.8 Å². The number of carbonyl (C=O) groups excluding carboxylic acids is 2. The van der Waals surface area contributed by atoms with E-state index in [1.807, 2.05) is 25.3 Å². The fourth-order valence-electron chi connectivity index (χ4n) is 2.59. The molecule has 0 amide bonds. The Labute approximate surface area is 151 Å². The van der Waals surface area contributed by atoms with Gasteiger partial charge in [0.05, 0.1) is 23.1 Å². The molecule has 8 heteroatoms. The number of rotatable bonds is 7. The molecule has 0 aliphatic rings. The molecule has 0 aromatic carbocycles. The number of nitrogens with one attached hydrogen (secondary N) is 1. The first-order chi connectivity index (χ1) is 11.8. The minimum Gasteiger partial charge on any atom is -0.462 e. The largest absolute Gasteiger partial charge is 0.462 e. The van der Waals surface area contributed by atoms with E-state index >= 15 is 0 Å². The standard InChI is InChI=1S/C17H24N4O3S/c1-7-24-16(23)13-10(4)14(19-11(13)5)15(22)12(6)25-17-20-18-8-21(17)9(2)3/h8-9,12,19H,7H2,1-6H3/t12-/m1/s1. The predicted octanol–water partition coefficient (Wildman–Crippen LogP) is 3.34. The Bertz CT molecular complexity index is 779. The summed E-state index contributed by atoms with van der Waals surface area (Å²) >= 11 is 1.35. The Morgan fingerprint density at radius 1 is 1.32 bits per heavy atom. The van der Waals surface area contributed by atoms with Crippen molar-refractivity contribution in [2.75, 3.05) is 6.61 Å². The lowest BCUT2D eigenvalue weighted by Gasteiger charge is -2.13. The van der Waals surface area contributed by atoms with Crippen LogP contribution in [0, 0.1) is 13.8 Å². The molecule has 1 atom stereocenters. The summed E-state index contributed by atoms with van der Waals surface area (Å²) in [6.45, 7) is 11.5. The quantitative estimate of drug-likeness (QED) is 0.460. The molecule has 0 aliphatic heterocycles. The van der Waals surface area contributed by atoms with E-state index in [4.69, 9.17) is 4.74 Å². The summed E-state index contributed by atoms with van der Waals surface area (Å²) in [5.41, 5.74) is 2.14. The van der Waals surface area contributed by atoms with Crippen LogP contribution in [0.4, 0.5) is 0 Å². The van der Waals surface area contributed by atoms with E-state index < -0.39 is 5.97 Å². The molecular weight excluding hydrogens is 340 g/mol. The number of nitrogens with zero attached hydrogens (tertiary/aromatic N) is 3. The van der Waals surface area contributed by atoms with E-state index in [0.29, 0.717) is 34.3 Å². The number of carbonyl (C=O) groups is 2. The summed E-state index contributed by atoms with van der Waals surface area (Å²) in [6, 6.07) is 0.213. The van der Waals surface area contributed by atoms with Crippen molar-refractivity contribution < 1.29 is 14.3 Å². The third kappa shape index (κ3) is 3.95. The fraction of sp³-hybridized carbons (Fsp3) is 0.529. The second-order valence-electron chi connectivity index (χ2n) is 6.08. The molecule has 0 unspecified atom stereocenters. The lowest BCUT2D eigenvalue weighted by atomic mass is 10.1. The van der Waals surface area contributed by atoms with Crippen molar-refractivity contribution in [3.8, 4) is 0 Å². The van der Waals surface area contributed by atoms with Crippen LogP contribution in [0.1, 0.15) is 65.8 Å². The van der Waals surface area contributed by atoms with E-state index in [2.05, 4.69) is 15.2 Å². The van der Waals surface area contributed by atoms with Gasteiger partial charge in [0.2, 0.25) is 0 Å². The van der Waals surface area contributed by atoms with Crippen molar-refractivity contribution in [3.63, 3.8) is 0 Å². The topological polar surface area (TPSA) is 89.9 Å². The van der Waals surface area contributed by atoms with Gasteiger partial charge in [0.25, 0.3) is 0 Å². The predicted molar refractivity (Wildman–Crippen MR) is 96.3 cm³/mol. The first kappa shape index (κ1) is 19.2. The molecule has 2 heterocycles. The number of hydrogen-bond acceptors (Lipinski definition) is 6. The minimum absolute atomic E-state index is 0.0838. The van der Waals surface area contributed by atoms with Gasteiger partial charge in [-0.25, -0.2) is 4.79 Å². The highest BCUT2D eigenvalue weighted by Gasteiger charge is 2.27. The number of esters is 1. The first-order valence-electron chi connectivity index (χ1n) is 8.24. The normalized spacial score (nSPS) is 12.4. The summed E-state index contributed by atoms with van der Waals surface area (Å²) in [6.07, 6.45) is 1.66. The van der Waals surface area contributed by atoms with Crippen LogP contribution in [0.25, 0.3) is 0 Å². The highest BCUT2D eigenvalue weighted by molar-refractivity contribution is 8.00. The van der Waals surface area contributed by atoms with Crippen molar-refractivity contribution in [2.24, 2.45) is 0 Å². The number of Topliss-reactive ketones (excluding diaryl/α,β-unsaturated/α-hetero) is 1. The molecule has 0 saturated carbocycles. The van der Waals surface area contributed by atoms with Crippen LogP contribution in [-0.2, 0) is 4.74 Å². The molecule has 0 radical (unpaired) electrons. The molecule has 7 nitrogen and oxygen atoms in total. The van der Waals surface area contributed by atoms with E-state index in [1.165, 1.54) is 11.8 Å². The van der Waals surface area contributed by atoms with Gasteiger partial charge in [-0.15, -0.1) is 10.2 Å². The molecule has 1 N–H and O–H groups in total. The van der Waals surface area contributed by atoms with Gasteiger partial charge in [-0.3, -0.25) is 4.79 Å². The van der Waals surface area contributed by atoms with Gasteiger partial charge in [-0.2, -0.15) is 0 Å². The van der Waals surface area contributed by atoms with Crippen LogP contribution in [0.2, 0.25) is 0 Å². The van der Waals surface area contributed by atoms with E-state index in [1.54, 1.807) is 27.1 Å². The van der Waals surface area contributed by atoms with Crippen molar-refractivity contribution >= 4 is 23.5 Å². The smallest absolute Gasteiger partial charge is 0.340 e. The van der Waals surface area contributed by atoms with Crippen LogP contribution in [-0.4, -0.2) is 43.4 Å². The monoisotopic (exact) mass is 364 g/mol.